The van der Waals surface area contributed by atoms with E-state index in [1.54, 1.807) is 0 Å². The van der Waals surface area contributed by atoms with Gasteiger partial charge in [0.15, 0.2) is 0 Å². The number of carboxylic acid groups (broad SMARTS) is 1. The van der Waals surface area contributed by atoms with Crippen molar-refractivity contribution in [3.05, 3.63) is 23.0 Å². The fraction of sp³-hybridized carbons (Fsp3) is 0.385. The molecule has 2 N–H and O–H groups in total. The van der Waals surface area contributed by atoms with Crippen molar-refractivity contribution < 1.29 is 27.5 Å². The molecule has 126 valence electrons. The van der Waals surface area contributed by atoms with Crippen molar-refractivity contribution in [3.63, 3.8) is 0 Å². The molecule has 2 rings (SSSR count). The number of rotatable bonds is 4. The van der Waals surface area contributed by atoms with E-state index >= 15 is 0 Å². The van der Waals surface area contributed by atoms with Crippen LogP contribution in [0.25, 0.3) is 0 Å². The van der Waals surface area contributed by atoms with Crippen LogP contribution in [-0.2, 0) is 19.6 Å². The maximum Gasteiger partial charge on any atom is 0.322 e. The maximum absolute atomic E-state index is 14.2. The first-order valence-corrected chi connectivity index (χ1v) is 8.47. The van der Waals surface area contributed by atoms with Crippen molar-refractivity contribution in [2.75, 3.05) is 11.9 Å². The fourth-order valence-corrected chi connectivity index (χ4v) is 4.41. The molecule has 0 radical (unpaired) electrons. The molecule has 10 heteroatoms. The highest BCUT2D eigenvalue weighted by molar-refractivity contribution is 7.89. The fourth-order valence-electron chi connectivity index (χ4n) is 2.41. The Morgan fingerprint density at radius 1 is 1.43 bits per heavy atom. The van der Waals surface area contributed by atoms with E-state index in [0.717, 1.165) is 16.4 Å². The molecule has 1 aromatic rings. The van der Waals surface area contributed by atoms with Crippen LogP contribution in [0, 0.1) is 5.82 Å². The third-order valence-corrected chi connectivity index (χ3v) is 5.64. The molecule has 0 unspecified atom stereocenters. The van der Waals surface area contributed by atoms with Gasteiger partial charge in [0, 0.05) is 19.5 Å². The van der Waals surface area contributed by atoms with Crippen molar-refractivity contribution >= 4 is 39.2 Å². The second-order valence-corrected chi connectivity index (χ2v) is 7.32. The molecule has 1 saturated heterocycles. The number of aliphatic carboxylic acids is 1. The Morgan fingerprint density at radius 2 is 2.09 bits per heavy atom. The first-order valence-electron chi connectivity index (χ1n) is 6.66. The molecule has 0 spiro atoms. The van der Waals surface area contributed by atoms with Crippen LogP contribution in [-0.4, -0.2) is 42.3 Å². The topological polar surface area (TPSA) is 104 Å². The van der Waals surface area contributed by atoms with E-state index in [0.29, 0.717) is 6.42 Å². The minimum absolute atomic E-state index is 0.0101. The molecular weight excluding hydrogens is 351 g/mol. The van der Waals surface area contributed by atoms with Gasteiger partial charge in [-0.25, -0.2) is 12.8 Å². The highest BCUT2D eigenvalue weighted by Crippen LogP contribution is 2.32. The highest BCUT2D eigenvalue weighted by atomic mass is 35.5. The van der Waals surface area contributed by atoms with Gasteiger partial charge in [0.2, 0.25) is 15.9 Å². The summed E-state index contributed by atoms with van der Waals surface area (Å²) in [7, 11) is -4.35. The molecule has 1 aliphatic heterocycles. The normalized spacial score (nSPS) is 18.8. The van der Waals surface area contributed by atoms with Crippen LogP contribution >= 0.6 is 11.6 Å². The van der Waals surface area contributed by atoms with Gasteiger partial charge in [0.25, 0.3) is 0 Å². The summed E-state index contributed by atoms with van der Waals surface area (Å²) in [5.74, 6) is -2.89. The summed E-state index contributed by atoms with van der Waals surface area (Å²) in [6, 6.07) is 0.435. The van der Waals surface area contributed by atoms with E-state index in [2.05, 4.69) is 5.32 Å². The SMILES string of the molecule is CC(=O)Nc1cc(F)c(S(=O)(=O)N2CCC[C@H]2C(=O)O)cc1Cl. The van der Waals surface area contributed by atoms with Gasteiger partial charge in [-0.05, 0) is 18.9 Å². The standard InChI is InChI=1S/C13H14ClFN2O5S/c1-7(18)16-10-6-9(15)12(5-8(10)14)23(21,22)17-4-2-3-11(17)13(19)20/h5-6,11H,2-4H2,1H3,(H,16,18)(H,19,20)/t11-/m0/s1. The van der Waals surface area contributed by atoms with Crippen LogP contribution < -0.4 is 5.32 Å². The summed E-state index contributed by atoms with van der Waals surface area (Å²) in [5.41, 5.74) is -0.0631. The minimum atomic E-state index is -4.35. The van der Waals surface area contributed by atoms with E-state index in [4.69, 9.17) is 16.7 Å². The molecular formula is C13H14ClFN2O5S. The van der Waals surface area contributed by atoms with Gasteiger partial charge >= 0.3 is 5.97 Å². The molecule has 23 heavy (non-hydrogen) atoms. The van der Waals surface area contributed by atoms with E-state index in [1.165, 1.54) is 6.92 Å². The van der Waals surface area contributed by atoms with Gasteiger partial charge in [0.1, 0.15) is 16.8 Å². The molecule has 1 aromatic carbocycles. The maximum atomic E-state index is 14.2. The van der Waals surface area contributed by atoms with Crippen molar-refractivity contribution in [1.29, 1.82) is 0 Å². The molecule has 1 heterocycles. The lowest BCUT2D eigenvalue weighted by Gasteiger charge is -2.21. The number of nitrogens with one attached hydrogen (secondary N) is 1. The highest BCUT2D eigenvalue weighted by Gasteiger charge is 2.40. The first-order chi connectivity index (χ1) is 10.6. The number of carbonyl (C=O) groups excluding carboxylic acids is 1. The second kappa shape index (κ2) is 6.42. The zero-order valence-corrected chi connectivity index (χ0v) is 13.6. The van der Waals surface area contributed by atoms with Crippen molar-refractivity contribution in [1.82, 2.24) is 4.31 Å². The van der Waals surface area contributed by atoms with Crippen molar-refractivity contribution in [2.45, 2.75) is 30.7 Å². The predicted octanol–water partition coefficient (Wildman–Crippen LogP) is 1.68. The third kappa shape index (κ3) is 3.46. The number of carboxylic acids is 1. The number of benzene rings is 1. The second-order valence-electron chi connectivity index (χ2n) is 5.06. The number of nitrogens with zero attached hydrogens (tertiary/aromatic N) is 1. The van der Waals surface area contributed by atoms with E-state index in [9.17, 15) is 22.4 Å². The molecule has 1 fully saturated rings. The Bertz CT molecular complexity index is 768. The van der Waals surface area contributed by atoms with Crippen LogP contribution in [0.1, 0.15) is 19.8 Å². The Kier molecular flexibility index (Phi) is 4.92. The molecule has 1 aliphatic rings. The average Bonchev–Trinajstić information content (AvgIpc) is 2.92. The van der Waals surface area contributed by atoms with E-state index < -0.39 is 38.7 Å². The molecule has 7 nitrogen and oxygen atoms in total. The number of anilines is 1. The first kappa shape index (κ1) is 17.6. The quantitative estimate of drug-likeness (QED) is 0.845. The smallest absolute Gasteiger partial charge is 0.322 e. The number of hydrogen-bond donors (Lipinski definition) is 2. The average molecular weight is 365 g/mol. The summed E-state index contributed by atoms with van der Waals surface area (Å²) in [6.07, 6.45) is 0.531. The summed E-state index contributed by atoms with van der Waals surface area (Å²) in [6.45, 7) is 1.18. The third-order valence-electron chi connectivity index (χ3n) is 3.41. The van der Waals surface area contributed by atoms with E-state index in [1.807, 2.05) is 0 Å². The monoisotopic (exact) mass is 364 g/mol. The molecule has 1 amide bonds. The molecule has 1 atom stereocenters. The Labute approximate surface area is 137 Å². The van der Waals surface area contributed by atoms with E-state index in [-0.39, 0.29) is 23.7 Å². The largest absolute Gasteiger partial charge is 0.480 e. The van der Waals surface area contributed by atoms with Gasteiger partial charge in [0.05, 0.1) is 10.7 Å². The van der Waals surface area contributed by atoms with Crippen LogP contribution in [0.3, 0.4) is 0 Å². The van der Waals surface area contributed by atoms with Crippen LogP contribution in [0.15, 0.2) is 17.0 Å². The van der Waals surface area contributed by atoms with Crippen molar-refractivity contribution in [2.24, 2.45) is 0 Å². The molecule has 0 aromatic heterocycles. The van der Waals surface area contributed by atoms with Crippen LogP contribution in [0.5, 0.6) is 0 Å². The Hall–Kier alpha value is -1.71. The number of sulfonamides is 1. The van der Waals surface area contributed by atoms with Crippen molar-refractivity contribution in [3.8, 4) is 0 Å². The van der Waals surface area contributed by atoms with Gasteiger partial charge in [-0.1, -0.05) is 11.6 Å². The summed E-state index contributed by atoms with van der Waals surface area (Å²) >= 11 is 5.88. The number of carbonyl (C=O) groups is 2. The summed E-state index contributed by atoms with van der Waals surface area (Å²) in [5, 5.41) is 11.2. The molecule has 0 saturated carbocycles. The summed E-state index contributed by atoms with van der Waals surface area (Å²) in [4.78, 5) is 21.4. The Balaban J connectivity index is 2.46. The predicted molar refractivity (Wildman–Crippen MR) is 80.3 cm³/mol. The van der Waals surface area contributed by atoms with Gasteiger partial charge < -0.3 is 10.4 Å². The lowest BCUT2D eigenvalue weighted by atomic mass is 10.2. The summed E-state index contributed by atoms with van der Waals surface area (Å²) < 4.78 is 40.0. The van der Waals surface area contributed by atoms with Gasteiger partial charge in [-0.15, -0.1) is 0 Å². The number of amides is 1. The lowest BCUT2D eigenvalue weighted by molar-refractivity contribution is -0.140. The lowest BCUT2D eigenvalue weighted by Crippen LogP contribution is -2.40. The zero-order chi connectivity index (χ0) is 17.4. The Morgan fingerprint density at radius 3 is 2.65 bits per heavy atom. The zero-order valence-electron chi connectivity index (χ0n) is 12.0. The molecule has 0 bridgehead atoms. The minimum Gasteiger partial charge on any atom is -0.480 e. The number of hydrogen-bond acceptors (Lipinski definition) is 4. The van der Waals surface area contributed by atoms with Crippen LogP contribution in [0.4, 0.5) is 10.1 Å². The molecule has 0 aliphatic carbocycles. The van der Waals surface area contributed by atoms with Gasteiger partial charge in [-0.2, -0.15) is 4.31 Å². The van der Waals surface area contributed by atoms with Crippen LogP contribution in [0.2, 0.25) is 5.02 Å². The number of halogens is 2. The van der Waals surface area contributed by atoms with Gasteiger partial charge in [-0.3, -0.25) is 9.59 Å².